The number of halogens is 1. The summed E-state index contributed by atoms with van der Waals surface area (Å²) in [6.45, 7) is 0.0635. The van der Waals surface area contributed by atoms with E-state index in [0.717, 1.165) is 4.90 Å². The quantitative estimate of drug-likeness (QED) is 0.693. The normalized spacial score (nSPS) is 10.5. The van der Waals surface area contributed by atoms with Crippen LogP contribution in [0.15, 0.2) is 76.6 Å². The Morgan fingerprint density at radius 2 is 1.81 bits per heavy atom. The van der Waals surface area contributed by atoms with Gasteiger partial charge >= 0.3 is 0 Å². The maximum absolute atomic E-state index is 13.8. The van der Waals surface area contributed by atoms with Crippen molar-refractivity contribution in [2.75, 3.05) is 11.6 Å². The topological polar surface area (TPSA) is 51.1 Å². The van der Waals surface area contributed by atoms with Gasteiger partial charge in [-0.1, -0.05) is 30.3 Å². The van der Waals surface area contributed by atoms with Gasteiger partial charge in [0.15, 0.2) is 0 Å². The third kappa shape index (κ3) is 3.86. The van der Waals surface area contributed by atoms with Gasteiger partial charge in [0.05, 0.1) is 12.2 Å². The van der Waals surface area contributed by atoms with Gasteiger partial charge in [-0.15, -0.1) is 11.8 Å². The summed E-state index contributed by atoms with van der Waals surface area (Å²) >= 11 is 1.50. The van der Waals surface area contributed by atoms with E-state index < -0.39 is 11.5 Å². The van der Waals surface area contributed by atoms with Crippen LogP contribution in [0.1, 0.15) is 15.9 Å². The van der Waals surface area contributed by atoms with Crippen molar-refractivity contribution in [3.63, 3.8) is 0 Å². The van der Waals surface area contributed by atoms with Crippen molar-refractivity contribution >= 4 is 23.4 Å². The molecule has 132 valence electrons. The van der Waals surface area contributed by atoms with Gasteiger partial charge < -0.3 is 9.88 Å². The maximum Gasteiger partial charge on any atom is 0.263 e. The summed E-state index contributed by atoms with van der Waals surface area (Å²) in [4.78, 5) is 26.1. The molecule has 0 unspecified atom stereocenters. The van der Waals surface area contributed by atoms with Gasteiger partial charge in [-0.2, -0.15) is 0 Å². The van der Waals surface area contributed by atoms with Crippen molar-refractivity contribution in [3.05, 3.63) is 94.2 Å². The Bertz CT molecular complexity index is 1000. The SMILES string of the molecule is CSc1ccccc1NC(=O)c1cccn(Cc2ccccc2F)c1=O. The molecule has 26 heavy (non-hydrogen) atoms. The predicted molar refractivity (Wildman–Crippen MR) is 102 cm³/mol. The lowest BCUT2D eigenvalue weighted by Crippen LogP contribution is -2.29. The van der Waals surface area contributed by atoms with Crippen LogP contribution in [0, 0.1) is 5.82 Å². The second kappa shape index (κ2) is 8.01. The summed E-state index contributed by atoms with van der Waals surface area (Å²) in [7, 11) is 0. The van der Waals surface area contributed by atoms with Crippen molar-refractivity contribution in [3.8, 4) is 0 Å². The molecule has 0 radical (unpaired) electrons. The average molecular weight is 368 g/mol. The molecule has 0 saturated heterocycles. The number of nitrogens with zero attached hydrogens (tertiary/aromatic N) is 1. The Morgan fingerprint density at radius 3 is 2.58 bits per heavy atom. The Kier molecular flexibility index (Phi) is 5.53. The van der Waals surface area contributed by atoms with E-state index in [1.165, 1.54) is 28.5 Å². The van der Waals surface area contributed by atoms with Crippen LogP contribution in [-0.2, 0) is 6.54 Å². The standard InChI is InChI=1S/C20H17FN2O2S/c1-26-18-11-5-4-10-17(18)22-19(24)15-8-6-12-23(20(15)25)13-14-7-2-3-9-16(14)21/h2-12H,13H2,1H3,(H,22,24). The molecule has 0 saturated carbocycles. The molecule has 0 bridgehead atoms. The smallest absolute Gasteiger partial charge is 0.263 e. The highest BCUT2D eigenvalue weighted by atomic mass is 32.2. The third-order valence-corrected chi connectivity index (χ3v) is 4.71. The molecule has 6 heteroatoms. The number of carbonyl (C=O) groups excluding carboxylic acids is 1. The predicted octanol–water partition coefficient (Wildman–Crippen LogP) is 4.01. The Morgan fingerprint density at radius 1 is 1.08 bits per heavy atom. The molecule has 0 fully saturated rings. The molecule has 2 aromatic carbocycles. The molecule has 1 aromatic heterocycles. The minimum absolute atomic E-state index is 0.0137. The van der Waals surface area contributed by atoms with Crippen molar-refractivity contribution < 1.29 is 9.18 Å². The molecule has 3 rings (SSSR count). The van der Waals surface area contributed by atoms with Crippen molar-refractivity contribution in [2.45, 2.75) is 11.4 Å². The molecule has 4 nitrogen and oxygen atoms in total. The van der Waals surface area contributed by atoms with Gasteiger partial charge in [0.1, 0.15) is 11.4 Å². The fourth-order valence-corrected chi connectivity index (χ4v) is 3.14. The fourth-order valence-electron chi connectivity index (χ4n) is 2.58. The number of hydrogen-bond donors (Lipinski definition) is 1. The number of amides is 1. The number of carbonyl (C=O) groups is 1. The lowest BCUT2D eigenvalue weighted by Gasteiger charge is -2.11. The van der Waals surface area contributed by atoms with E-state index in [2.05, 4.69) is 5.32 Å². The zero-order chi connectivity index (χ0) is 18.5. The minimum Gasteiger partial charge on any atom is -0.321 e. The minimum atomic E-state index is -0.487. The average Bonchev–Trinajstić information content (AvgIpc) is 2.65. The molecule has 1 N–H and O–H groups in total. The number of aromatic nitrogens is 1. The highest BCUT2D eigenvalue weighted by Crippen LogP contribution is 2.24. The van der Waals surface area contributed by atoms with E-state index in [4.69, 9.17) is 0 Å². The molecule has 0 atom stereocenters. The van der Waals surface area contributed by atoms with Gasteiger partial charge in [-0.25, -0.2) is 4.39 Å². The highest BCUT2D eigenvalue weighted by Gasteiger charge is 2.14. The number of hydrogen-bond acceptors (Lipinski definition) is 3. The summed E-state index contributed by atoms with van der Waals surface area (Å²) < 4.78 is 15.2. The number of para-hydroxylation sites is 1. The van der Waals surface area contributed by atoms with E-state index in [1.54, 1.807) is 36.5 Å². The molecule has 0 spiro atoms. The van der Waals surface area contributed by atoms with E-state index in [0.29, 0.717) is 11.3 Å². The summed E-state index contributed by atoms with van der Waals surface area (Å²) in [5.74, 6) is -0.873. The maximum atomic E-state index is 13.8. The Hall–Kier alpha value is -2.86. The van der Waals surface area contributed by atoms with Gasteiger partial charge in [0.25, 0.3) is 11.5 Å². The lowest BCUT2D eigenvalue weighted by atomic mass is 10.2. The molecular weight excluding hydrogens is 351 g/mol. The lowest BCUT2D eigenvalue weighted by molar-refractivity contribution is 0.102. The molecule has 0 aliphatic rings. The number of pyridine rings is 1. The van der Waals surface area contributed by atoms with Gasteiger partial charge in [0.2, 0.25) is 0 Å². The Labute approximate surface area is 154 Å². The zero-order valence-corrected chi connectivity index (χ0v) is 14.9. The first-order valence-corrected chi connectivity index (χ1v) is 9.20. The van der Waals surface area contributed by atoms with E-state index in [9.17, 15) is 14.0 Å². The van der Waals surface area contributed by atoms with Crippen LogP contribution < -0.4 is 10.9 Å². The number of thioether (sulfide) groups is 1. The molecule has 3 aromatic rings. The summed E-state index contributed by atoms with van der Waals surface area (Å²) in [5, 5.41) is 2.77. The molecule has 0 aliphatic heterocycles. The number of anilines is 1. The first kappa shape index (κ1) is 17.9. The monoisotopic (exact) mass is 368 g/mol. The third-order valence-electron chi connectivity index (χ3n) is 3.92. The van der Waals surface area contributed by atoms with Gasteiger partial charge in [-0.05, 0) is 36.6 Å². The van der Waals surface area contributed by atoms with E-state index in [1.807, 2.05) is 24.5 Å². The van der Waals surface area contributed by atoms with Crippen LogP contribution in [0.2, 0.25) is 0 Å². The van der Waals surface area contributed by atoms with Crippen LogP contribution >= 0.6 is 11.8 Å². The summed E-state index contributed by atoms with van der Waals surface area (Å²) in [6, 6.07) is 16.7. The largest absolute Gasteiger partial charge is 0.321 e. The Balaban J connectivity index is 1.88. The van der Waals surface area contributed by atoms with Crippen LogP contribution in [0.3, 0.4) is 0 Å². The second-order valence-electron chi connectivity index (χ2n) is 5.60. The van der Waals surface area contributed by atoms with Crippen molar-refractivity contribution in [1.29, 1.82) is 0 Å². The number of rotatable bonds is 5. The van der Waals surface area contributed by atoms with Crippen LogP contribution in [0.4, 0.5) is 10.1 Å². The fraction of sp³-hybridized carbons (Fsp3) is 0.100. The summed E-state index contributed by atoms with van der Waals surface area (Å²) in [5.41, 5.74) is 0.587. The first-order valence-electron chi connectivity index (χ1n) is 7.97. The molecule has 1 heterocycles. The van der Waals surface area contributed by atoms with Crippen LogP contribution in [0.5, 0.6) is 0 Å². The molecule has 1 amide bonds. The highest BCUT2D eigenvalue weighted by molar-refractivity contribution is 7.98. The summed E-state index contributed by atoms with van der Waals surface area (Å²) in [6.07, 6.45) is 3.45. The van der Waals surface area contributed by atoms with Gasteiger partial charge in [0, 0.05) is 16.7 Å². The molecule has 0 aliphatic carbocycles. The van der Waals surface area contributed by atoms with Crippen LogP contribution in [-0.4, -0.2) is 16.7 Å². The number of nitrogens with one attached hydrogen (secondary N) is 1. The molecular formula is C20H17FN2O2S. The van der Waals surface area contributed by atoms with Crippen molar-refractivity contribution in [2.24, 2.45) is 0 Å². The first-order chi connectivity index (χ1) is 12.6. The van der Waals surface area contributed by atoms with E-state index >= 15 is 0 Å². The second-order valence-corrected chi connectivity index (χ2v) is 6.45. The number of benzene rings is 2. The van der Waals surface area contributed by atoms with E-state index in [-0.39, 0.29) is 17.9 Å². The van der Waals surface area contributed by atoms with Crippen LogP contribution in [0.25, 0.3) is 0 Å². The van der Waals surface area contributed by atoms with Gasteiger partial charge in [-0.3, -0.25) is 9.59 Å². The zero-order valence-electron chi connectivity index (χ0n) is 14.1. The van der Waals surface area contributed by atoms with Crippen molar-refractivity contribution in [1.82, 2.24) is 4.57 Å².